The lowest BCUT2D eigenvalue weighted by Crippen LogP contribution is -2.47. The van der Waals surface area contributed by atoms with Crippen molar-refractivity contribution >= 4 is 5.91 Å². The van der Waals surface area contributed by atoms with E-state index in [2.05, 4.69) is 23.7 Å². The van der Waals surface area contributed by atoms with Gasteiger partial charge in [-0.3, -0.25) is 9.36 Å². The molecule has 5 nitrogen and oxygen atoms in total. The van der Waals surface area contributed by atoms with Gasteiger partial charge in [0.2, 0.25) is 5.91 Å². The minimum atomic E-state index is -0.287. The number of carbonyl (C=O) groups is 1. The Labute approximate surface area is 137 Å². The van der Waals surface area contributed by atoms with E-state index in [-0.39, 0.29) is 23.7 Å². The molecule has 1 aromatic rings. The minimum Gasteiger partial charge on any atom is -0.333 e. The van der Waals surface area contributed by atoms with Crippen molar-refractivity contribution in [1.82, 2.24) is 14.5 Å². The Morgan fingerprint density at radius 3 is 2.87 bits per heavy atom. The van der Waals surface area contributed by atoms with Gasteiger partial charge in [0, 0.05) is 36.4 Å². The summed E-state index contributed by atoms with van der Waals surface area (Å²) in [6.07, 6.45) is 7.98. The third-order valence-corrected chi connectivity index (χ3v) is 4.28. The molecule has 0 spiro atoms. The second-order valence-electron chi connectivity index (χ2n) is 6.11. The molecule has 23 heavy (non-hydrogen) atoms. The number of carbonyl (C=O) groups excluding carboxylic acids is 1. The Kier molecular flexibility index (Phi) is 5.53. The van der Waals surface area contributed by atoms with Crippen molar-refractivity contribution in [3.63, 3.8) is 0 Å². The predicted octanol–water partition coefficient (Wildman–Crippen LogP) is 2.37. The highest BCUT2D eigenvalue weighted by molar-refractivity contribution is 5.77. The number of amides is 1. The summed E-state index contributed by atoms with van der Waals surface area (Å²) in [4.78, 5) is 30.5. The third kappa shape index (κ3) is 3.97. The first-order valence-corrected chi connectivity index (χ1v) is 8.08. The Morgan fingerprint density at radius 2 is 2.22 bits per heavy atom. The monoisotopic (exact) mass is 315 g/mol. The maximum absolute atomic E-state index is 12.7. The molecule has 2 atom stereocenters. The van der Waals surface area contributed by atoms with Crippen molar-refractivity contribution in [1.29, 1.82) is 0 Å². The summed E-state index contributed by atoms with van der Waals surface area (Å²) in [5.41, 5.74) is 1.25. The van der Waals surface area contributed by atoms with Crippen LogP contribution < -0.4 is 5.69 Å². The zero-order valence-corrected chi connectivity index (χ0v) is 14.2. The van der Waals surface area contributed by atoms with E-state index in [4.69, 9.17) is 0 Å². The highest BCUT2D eigenvalue weighted by atomic mass is 16.2. The molecule has 124 valence electrons. The fourth-order valence-corrected chi connectivity index (χ4v) is 3.19. The molecule has 2 rings (SSSR count). The van der Waals surface area contributed by atoms with E-state index in [1.807, 2.05) is 30.9 Å². The molecule has 0 fully saturated rings. The first kappa shape index (κ1) is 17.2. The molecule has 2 heterocycles. The molecule has 0 unspecified atom stereocenters. The van der Waals surface area contributed by atoms with Crippen LogP contribution in [0.5, 0.6) is 0 Å². The van der Waals surface area contributed by atoms with Crippen LogP contribution in [-0.2, 0) is 11.3 Å². The predicted molar refractivity (Wildman–Crippen MR) is 91.3 cm³/mol. The first-order chi connectivity index (χ1) is 10.9. The second kappa shape index (κ2) is 7.40. The summed E-state index contributed by atoms with van der Waals surface area (Å²) in [5.74, 6) is 0.0700. The van der Waals surface area contributed by atoms with E-state index in [0.717, 1.165) is 18.5 Å². The molecule has 0 radical (unpaired) electrons. The summed E-state index contributed by atoms with van der Waals surface area (Å²) in [6.45, 7) is 9.84. The molecular weight excluding hydrogens is 290 g/mol. The van der Waals surface area contributed by atoms with Gasteiger partial charge >= 0.3 is 5.69 Å². The number of hydrogen-bond donors (Lipinski definition) is 0. The van der Waals surface area contributed by atoms with Crippen LogP contribution in [0.2, 0.25) is 0 Å². The van der Waals surface area contributed by atoms with Crippen LogP contribution in [0.1, 0.15) is 37.6 Å². The van der Waals surface area contributed by atoms with Crippen LogP contribution >= 0.6 is 0 Å². The summed E-state index contributed by atoms with van der Waals surface area (Å²) in [5, 5.41) is 0. The lowest BCUT2D eigenvalue weighted by Gasteiger charge is -2.37. The van der Waals surface area contributed by atoms with E-state index in [1.165, 1.54) is 0 Å². The van der Waals surface area contributed by atoms with E-state index in [9.17, 15) is 9.59 Å². The van der Waals surface area contributed by atoms with Gasteiger partial charge in [-0.05, 0) is 39.7 Å². The Hall–Kier alpha value is -2.17. The van der Waals surface area contributed by atoms with Crippen LogP contribution in [0, 0.1) is 13.8 Å². The van der Waals surface area contributed by atoms with Crippen molar-refractivity contribution < 1.29 is 4.79 Å². The van der Waals surface area contributed by atoms with Gasteiger partial charge in [0.1, 0.15) is 0 Å². The van der Waals surface area contributed by atoms with Crippen molar-refractivity contribution in [2.45, 2.75) is 58.7 Å². The van der Waals surface area contributed by atoms with Crippen LogP contribution in [0.4, 0.5) is 0 Å². The maximum atomic E-state index is 12.7. The molecule has 1 aromatic heterocycles. The number of rotatable bonds is 5. The lowest BCUT2D eigenvalue weighted by molar-refractivity contribution is -0.135. The van der Waals surface area contributed by atoms with Gasteiger partial charge in [-0.25, -0.2) is 4.79 Å². The lowest BCUT2D eigenvalue weighted by atomic mass is 10.00. The maximum Gasteiger partial charge on any atom is 0.347 e. The fourth-order valence-electron chi connectivity index (χ4n) is 3.19. The van der Waals surface area contributed by atoms with Gasteiger partial charge in [0.25, 0.3) is 0 Å². The zero-order chi connectivity index (χ0) is 17.0. The molecule has 0 bridgehead atoms. The smallest absolute Gasteiger partial charge is 0.333 e. The molecule has 1 aliphatic rings. The van der Waals surface area contributed by atoms with Gasteiger partial charge in [0.15, 0.2) is 0 Å². The highest BCUT2D eigenvalue weighted by Gasteiger charge is 2.28. The quantitative estimate of drug-likeness (QED) is 0.784. The molecule has 0 saturated heterocycles. The van der Waals surface area contributed by atoms with Gasteiger partial charge < -0.3 is 4.90 Å². The number of hydrogen-bond acceptors (Lipinski definition) is 3. The number of nitrogens with zero attached hydrogens (tertiary/aromatic N) is 3. The molecule has 1 amide bonds. The summed E-state index contributed by atoms with van der Waals surface area (Å²) in [7, 11) is 0. The highest BCUT2D eigenvalue weighted by Crippen LogP contribution is 2.21. The summed E-state index contributed by atoms with van der Waals surface area (Å²) < 4.78 is 1.57. The molecular formula is C18H25N3O2. The van der Waals surface area contributed by atoms with Crippen molar-refractivity contribution in [2.24, 2.45) is 0 Å². The second-order valence-corrected chi connectivity index (χ2v) is 6.11. The zero-order valence-electron chi connectivity index (χ0n) is 14.2. The van der Waals surface area contributed by atoms with Gasteiger partial charge in [-0.15, -0.1) is 6.58 Å². The van der Waals surface area contributed by atoms with E-state index in [0.29, 0.717) is 18.7 Å². The average Bonchev–Trinajstić information content (AvgIpc) is 2.46. The third-order valence-electron chi connectivity index (χ3n) is 4.28. The van der Waals surface area contributed by atoms with Crippen LogP contribution in [0.3, 0.4) is 0 Å². The van der Waals surface area contributed by atoms with Gasteiger partial charge in [-0.2, -0.15) is 4.98 Å². The molecule has 0 aromatic carbocycles. The van der Waals surface area contributed by atoms with Crippen LogP contribution in [0.15, 0.2) is 35.7 Å². The minimum absolute atomic E-state index is 0.0700. The van der Waals surface area contributed by atoms with Gasteiger partial charge in [-0.1, -0.05) is 18.2 Å². The topological polar surface area (TPSA) is 55.2 Å². The summed E-state index contributed by atoms with van der Waals surface area (Å²) >= 11 is 0. The first-order valence-electron chi connectivity index (χ1n) is 8.08. The number of aryl methyl sites for hydroxylation is 2. The normalized spacial score (nSPS) is 20.6. The van der Waals surface area contributed by atoms with E-state index >= 15 is 0 Å². The fraction of sp³-hybridized carbons (Fsp3) is 0.500. The molecule has 0 N–H and O–H groups in total. The average molecular weight is 315 g/mol. The Bertz CT molecular complexity index is 675. The SMILES string of the molecule is C=CC[C@@H]1CC=C[C@@H](C)N1C(=O)CCn1c(C)cc(C)nc1=O. The van der Waals surface area contributed by atoms with E-state index < -0.39 is 0 Å². The Morgan fingerprint density at radius 1 is 1.48 bits per heavy atom. The molecule has 0 saturated carbocycles. The number of aromatic nitrogens is 2. The van der Waals surface area contributed by atoms with Gasteiger partial charge in [0.05, 0.1) is 0 Å². The van der Waals surface area contributed by atoms with Crippen molar-refractivity contribution in [3.05, 3.63) is 52.7 Å². The molecule has 5 heteroatoms. The van der Waals surface area contributed by atoms with E-state index in [1.54, 1.807) is 11.5 Å². The largest absolute Gasteiger partial charge is 0.347 e. The van der Waals surface area contributed by atoms with Crippen LogP contribution in [-0.4, -0.2) is 32.4 Å². The van der Waals surface area contributed by atoms with Crippen molar-refractivity contribution in [2.75, 3.05) is 0 Å². The molecule has 1 aliphatic heterocycles. The standard InChI is InChI=1S/C18H25N3O2/c1-5-7-16-9-6-8-14(3)21(16)17(22)10-11-20-15(4)12-13(2)19-18(20)23/h5-6,8,12,14,16H,1,7,9-11H2,2-4H3/t14-,16-/m1/s1. The van der Waals surface area contributed by atoms with Crippen LogP contribution in [0.25, 0.3) is 0 Å². The Balaban J connectivity index is 2.11. The summed E-state index contributed by atoms with van der Waals surface area (Å²) in [6, 6.07) is 2.10. The van der Waals surface area contributed by atoms with Crippen molar-refractivity contribution in [3.8, 4) is 0 Å². The molecule has 0 aliphatic carbocycles.